The monoisotopic (exact) mass is 394 g/mol. The van der Waals surface area contributed by atoms with Crippen LogP contribution in [0.25, 0.3) is 0 Å². The van der Waals surface area contributed by atoms with Crippen LogP contribution in [0.2, 0.25) is 5.02 Å². The largest absolute Gasteiger partial charge is 0.478 e. The summed E-state index contributed by atoms with van der Waals surface area (Å²) in [6.07, 6.45) is 2.70. The molecule has 0 fully saturated rings. The van der Waals surface area contributed by atoms with Crippen molar-refractivity contribution in [1.82, 2.24) is 4.98 Å². The number of nitrogens with zero attached hydrogens (tertiary/aromatic N) is 1. The standard InChI is InChI=1S/C21H12ClFN2O3/c22-18-10-15(6-7-19(18)23)20(26)25-17-3-1-2-13(9-17)4-5-14-8-16(21(27)28)12-24-11-14/h1-3,6-12H,(H,25,26)(H,27,28). The van der Waals surface area contributed by atoms with Gasteiger partial charge in [-0.3, -0.25) is 9.78 Å². The molecular formula is C21H12ClFN2O3. The van der Waals surface area contributed by atoms with Gasteiger partial charge in [0.05, 0.1) is 10.6 Å². The summed E-state index contributed by atoms with van der Waals surface area (Å²) in [5.74, 6) is 3.61. The van der Waals surface area contributed by atoms with Gasteiger partial charge in [-0.05, 0) is 42.5 Å². The Morgan fingerprint density at radius 2 is 1.79 bits per heavy atom. The van der Waals surface area contributed by atoms with E-state index in [9.17, 15) is 14.0 Å². The number of aromatic nitrogens is 1. The summed E-state index contributed by atoms with van der Waals surface area (Å²) in [7, 11) is 0. The molecule has 3 rings (SSSR count). The topological polar surface area (TPSA) is 79.3 Å². The van der Waals surface area contributed by atoms with Crippen LogP contribution in [0, 0.1) is 17.7 Å². The highest BCUT2D eigenvalue weighted by Gasteiger charge is 2.09. The van der Waals surface area contributed by atoms with E-state index in [0.717, 1.165) is 6.07 Å². The number of halogens is 2. The van der Waals surface area contributed by atoms with Crippen LogP contribution in [0.1, 0.15) is 31.8 Å². The molecule has 0 aliphatic carbocycles. The van der Waals surface area contributed by atoms with Crippen molar-refractivity contribution in [3.05, 3.63) is 94.0 Å². The molecule has 0 aliphatic rings. The molecule has 2 N–H and O–H groups in total. The number of hydrogen-bond acceptors (Lipinski definition) is 3. The molecule has 5 nitrogen and oxygen atoms in total. The van der Waals surface area contributed by atoms with Gasteiger partial charge in [-0.2, -0.15) is 0 Å². The molecule has 0 spiro atoms. The Balaban J connectivity index is 1.78. The average molecular weight is 395 g/mol. The normalized spacial score (nSPS) is 9.93. The van der Waals surface area contributed by atoms with Crippen LogP contribution in [0.4, 0.5) is 10.1 Å². The number of carboxylic acids is 1. The van der Waals surface area contributed by atoms with Crippen LogP contribution in [0.5, 0.6) is 0 Å². The minimum absolute atomic E-state index is 0.0470. The van der Waals surface area contributed by atoms with Gasteiger partial charge < -0.3 is 10.4 Å². The molecule has 138 valence electrons. The number of nitrogens with one attached hydrogen (secondary N) is 1. The van der Waals surface area contributed by atoms with Crippen molar-refractivity contribution in [3.63, 3.8) is 0 Å². The lowest BCUT2D eigenvalue weighted by atomic mass is 10.1. The number of benzene rings is 2. The third-order valence-corrected chi connectivity index (χ3v) is 3.93. The minimum atomic E-state index is -1.08. The molecule has 0 atom stereocenters. The Morgan fingerprint density at radius 1 is 1.00 bits per heavy atom. The molecule has 28 heavy (non-hydrogen) atoms. The first-order chi connectivity index (χ1) is 13.4. The number of pyridine rings is 1. The van der Waals surface area contributed by atoms with Crippen molar-refractivity contribution in [1.29, 1.82) is 0 Å². The Labute approximate surface area is 164 Å². The summed E-state index contributed by atoms with van der Waals surface area (Å²) in [5, 5.41) is 11.5. The second kappa shape index (κ2) is 8.33. The maximum absolute atomic E-state index is 13.2. The van der Waals surface area contributed by atoms with Crippen LogP contribution >= 0.6 is 11.6 Å². The van der Waals surface area contributed by atoms with E-state index in [-0.39, 0.29) is 16.1 Å². The molecule has 7 heteroatoms. The molecule has 1 aromatic heterocycles. The molecule has 0 aliphatic heterocycles. The minimum Gasteiger partial charge on any atom is -0.478 e. The lowest BCUT2D eigenvalue weighted by Gasteiger charge is -2.06. The van der Waals surface area contributed by atoms with Crippen molar-refractivity contribution in [2.75, 3.05) is 5.32 Å². The molecule has 0 bridgehead atoms. The Hall–Kier alpha value is -3.69. The number of carboxylic acid groups (broad SMARTS) is 1. The Morgan fingerprint density at radius 3 is 2.54 bits per heavy atom. The van der Waals surface area contributed by atoms with Gasteiger partial charge in [0.15, 0.2) is 0 Å². The van der Waals surface area contributed by atoms with Crippen LogP contribution in [-0.4, -0.2) is 22.0 Å². The van der Waals surface area contributed by atoms with Gasteiger partial charge in [0.25, 0.3) is 5.91 Å². The predicted octanol–water partition coefficient (Wildman–Crippen LogP) is 4.22. The van der Waals surface area contributed by atoms with E-state index in [1.807, 2.05) is 0 Å². The third-order valence-electron chi connectivity index (χ3n) is 3.64. The fraction of sp³-hybridized carbons (Fsp3) is 0. The van der Waals surface area contributed by atoms with Gasteiger partial charge in [0.2, 0.25) is 0 Å². The predicted molar refractivity (Wildman–Crippen MR) is 103 cm³/mol. The van der Waals surface area contributed by atoms with Crippen molar-refractivity contribution in [2.45, 2.75) is 0 Å². The van der Waals surface area contributed by atoms with Gasteiger partial charge in [-0.1, -0.05) is 29.5 Å². The van der Waals surface area contributed by atoms with Crippen LogP contribution in [0.3, 0.4) is 0 Å². The highest BCUT2D eigenvalue weighted by Crippen LogP contribution is 2.18. The van der Waals surface area contributed by atoms with Crippen LogP contribution in [-0.2, 0) is 0 Å². The molecule has 0 saturated heterocycles. The van der Waals surface area contributed by atoms with Gasteiger partial charge in [-0.15, -0.1) is 0 Å². The Bertz CT molecular complexity index is 1140. The number of aromatic carboxylic acids is 1. The first-order valence-corrected chi connectivity index (χ1v) is 8.37. The third kappa shape index (κ3) is 4.72. The molecule has 0 saturated carbocycles. The molecule has 2 aromatic carbocycles. The summed E-state index contributed by atoms with van der Waals surface area (Å²) in [6, 6.07) is 11.9. The van der Waals surface area contributed by atoms with E-state index < -0.39 is 17.7 Å². The van der Waals surface area contributed by atoms with E-state index in [4.69, 9.17) is 16.7 Å². The Kier molecular flexibility index (Phi) is 5.68. The molecule has 0 radical (unpaired) electrons. The van der Waals surface area contributed by atoms with Crippen LogP contribution < -0.4 is 5.32 Å². The first kappa shape index (κ1) is 19.1. The number of carbonyl (C=O) groups is 2. The van der Waals surface area contributed by atoms with E-state index in [0.29, 0.717) is 16.8 Å². The van der Waals surface area contributed by atoms with E-state index in [1.165, 1.54) is 30.6 Å². The lowest BCUT2D eigenvalue weighted by Crippen LogP contribution is -2.12. The number of rotatable bonds is 3. The van der Waals surface area contributed by atoms with Crippen molar-refractivity contribution >= 4 is 29.2 Å². The van der Waals surface area contributed by atoms with Gasteiger partial charge in [-0.25, -0.2) is 9.18 Å². The zero-order chi connectivity index (χ0) is 20.1. The van der Waals surface area contributed by atoms with E-state index >= 15 is 0 Å². The quantitative estimate of drug-likeness (QED) is 0.652. The maximum atomic E-state index is 13.2. The second-order valence-electron chi connectivity index (χ2n) is 5.68. The molecule has 0 unspecified atom stereocenters. The average Bonchev–Trinajstić information content (AvgIpc) is 2.69. The van der Waals surface area contributed by atoms with Crippen molar-refractivity contribution in [3.8, 4) is 11.8 Å². The second-order valence-corrected chi connectivity index (χ2v) is 6.09. The van der Waals surface area contributed by atoms with E-state index in [1.54, 1.807) is 24.3 Å². The van der Waals surface area contributed by atoms with Gasteiger partial charge in [0, 0.05) is 34.8 Å². The number of anilines is 1. The van der Waals surface area contributed by atoms with Crippen molar-refractivity contribution in [2.24, 2.45) is 0 Å². The zero-order valence-corrected chi connectivity index (χ0v) is 15.0. The molecule has 1 amide bonds. The fourth-order valence-electron chi connectivity index (χ4n) is 2.28. The highest BCUT2D eigenvalue weighted by atomic mass is 35.5. The summed E-state index contributed by atoms with van der Waals surface area (Å²) in [5.41, 5.74) is 1.82. The smallest absolute Gasteiger partial charge is 0.337 e. The first-order valence-electron chi connectivity index (χ1n) is 7.99. The van der Waals surface area contributed by atoms with Crippen LogP contribution in [0.15, 0.2) is 60.9 Å². The number of carbonyl (C=O) groups excluding carboxylic acids is 1. The van der Waals surface area contributed by atoms with E-state index in [2.05, 4.69) is 22.1 Å². The van der Waals surface area contributed by atoms with Gasteiger partial charge in [0.1, 0.15) is 5.82 Å². The fourth-order valence-corrected chi connectivity index (χ4v) is 2.47. The molecule has 1 heterocycles. The summed E-state index contributed by atoms with van der Waals surface area (Å²) in [4.78, 5) is 27.1. The highest BCUT2D eigenvalue weighted by molar-refractivity contribution is 6.31. The molecular weight excluding hydrogens is 383 g/mol. The van der Waals surface area contributed by atoms with Gasteiger partial charge >= 0.3 is 5.97 Å². The number of amides is 1. The number of hydrogen-bond donors (Lipinski definition) is 2. The summed E-state index contributed by atoms with van der Waals surface area (Å²) < 4.78 is 13.2. The molecule has 3 aromatic rings. The SMILES string of the molecule is O=C(O)c1cncc(C#Cc2cccc(NC(=O)c3ccc(F)c(Cl)c3)c2)c1. The summed E-state index contributed by atoms with van der Waals surface area (Å²) >= 11 is 5.70. The maximum Gasteiger partial charge on any atom is 0.337 e. The summed E-state index contributed by atoms with van der Waals surface area (Å²) in [6.45, 7) is 0. The lowest BCUT2D eigenvalue weighted by molar-refractivity contribution is 0.0696. The van der Waals surface area contributed by atoms with Crippen molar-refractivity contribution < 1.29 is 19.1 Å². The zero-order valence-electron chi connectivity index (χ0n) is 14.2.